The number of likely N-dealkylation sites (N-methyl/N-ethyl adjacent to an activating group) is 1. The van der Waals surface area contributed by atoms with Crippen LogP contribution in [0.4, 0.5) is 0 Å². The van der Waals surface area contributed by atoms with Crippen molar-refractivity contribution in [3.05, 3.63) is 29.0 Å². The summed E-state index contributed by atoms with van der Waals surface area (Å²) in [5.41, 5.74) is 6.74. The highest BCUT2D eigenvalue weighted by Gasteiger charge is 2.20. The van der Waals surface area contributed by atoms with Crippen molar-refractivity contribution in [3.63, 3.8) is 0 Å². The molecule has 4 nitrogen and oxygen atoms in total. The first-order valence-electron chi connectivity index (χ1n) is 5.52. The Kier molecular flexibility index (Phi) is 4.90. The normalized spacial score (nSPS) is 12.6. The van der Waals surface area contributed by atoms with Crippen molar-refractivity contribution < 1.29 is 4.79 Å². The summed E-state index contributed by atoms with van der Waals surface area (Å²) < 4.78 is 0. The Hall–Kier alpha value is -1.13. The molecule has 0 aliphatic heterocycles. The van der Waals surface area contributed by atoms with Crippen LogP contribution < -0.4 is 5.73 Å². The molecular weight excluding hydrogens is 238 g/mol. The number of pyridine rings is 1. The summed E-state index contributed by atoms with van der Waals surface area (Å²) in [5, 5.41) is 0.446. The molecule has 2 N–H and O–H groups in total. The first-order chi connectivity index (χ1) is 7.91. The monoisotopic (exact) mass is 255 g/mol. The largest absolute Gasteiger partial charge is 0.340 e. The van der Waals surface area contributed by atoms with E-state index in [0.717, 1.165) is 5.56 Å². The molecule has 1 rings (SSSR count). The summed E-state index contributed by atoms with van der Waals surface area (Å²) in [5.74, 6) is 0.0724. The number of halogens is 1. The van der Waals surface area contributed by atoms with Crippen LogP contribution in [0.15, 0.2) is 18.3 Å². The third-order valence-corrected chi connectivity index (χ3v) is 2.81. The number of amides is 1. The number of nitrogens with two attached hydrogens (primary N) is 1. The van der Waals surface area contributed by atoms with E-state index in [2.05, 4.69) is 4.98 Å². The zero-order chi connectivity index (χ0) is 13.0. The van der Waals surface area contributed by atoms with Crippen LogP contribution in [0.25, 0.3) is 0 Å². The molecule has 17 heavy (non-hydrogen) atoms. The van der Waals surface area contributed by atoms with E-state index in [1.54, 1.807) is 24.2 Å². The van der Waals surface area contributed by atoms with Gasteiger partial charge in [-0.15, -0.1) is 0 Å². The number of hydrogen-bond donors (Lipinski definition) is 1. The Morgan fingerprint density at radius 2 is 2.18 bits per heavy atom. The molecular formula is C12H18ClN3O. The molecule has 94 valence electrons. The summed E-state index contributed by atoms with van der Waals surface area (Å²) in [6.45, 7) is 4.35. The Bertz CT molecular complexity index is 378. The molecule has 0 aliphatic carbocycles. The first-order valence-corrected chi connectivity index (χ1v) is 5.90. The molecule has 1 aromatic rings. The van der Waals surface area contributed by atoms with Crippen LogP contribution in [-0.4, -0.2) is 28.9 Å². The minimum Gasteiger partial charge on any atom is -0.340 e. The maximum Gasteiger partial charge on any atom is 0.239 e. The zero-order valence-electron chi connectivity index (χ0n) is 10.4. The molecule has 0 aromatic carbocycles. The highest BCUT2D eigenvalue weighted by Crippen LogP contribution is 2.09. The maximum atomic E-state index is 11.9. The molecule has 0 aliphatic rings. The van der Waals surface area contributed by atoms with E-state index in [-0.39, 0.29) is 11.8 Å². The Labute approximate surface area is 107 Å². The van der Waals surface area contributed by atoms with Crippen molar-refractivity contribution >= 4 is 17.5 Å². The average Bonchev–Trinajstić information content (AvgIpc) is 2.30. The van der Waals surface area contributed by atoms with Gasteiger partial charge in [-0.25, -0.2) is 4.98 Å². The second-order valence-electron chi connectivity index (χ2n) is 4.45. The Balaban J connectivity index is 2.63. The van der Waals surface area contributed by atoms with Crippen LogP contribution in [0, 0.1) is 5.92 Å². The lowest BCUT2D eigenvalue weighted by Crippen LogP contribution is -2.44. The van der Waals surface area contributed by atoms with Crippen LogP contribution in [0.3, 0.4) is 0 Å². The number of hydrogen-bond acceptors (Lipinski definition) is 3. The van der Waals surface area contributed by atoms with Gasteiger partial charge in [-0.05, 0) is 17.5 Å². The van der Waals surface area contributed by atoms with Gasteiger partial charge < -0.3 is 10.6 Å². The van der Waals surface area contributed by atoms with E-state index in [9.17, 15) is 4.79 Å². The molecule has 0 unspecified atom stereocenters. The van der Waals surface area contributed by atoms with Gasteiger partial charge in [0.1, 0.15) is 5.15 Å². The summed E-state index contributed by atoms with van der Waals surface area (Å²) in [6, 6.07) is 3.10. The number of nitrogens with zero attached hydrogens (tertiary/aromatic N) is 2. The molecule has 1 aromatic heterocycles. The summed E-state index contributed by atoms with van der Waals surface area (Å²) in [6.07, 6.45) is 1.66. The average molecular weight is 256 g/mol. The molecule has 5 heteroatoms. The predicted molar refractivity (Wildman–Crippen MR) is 68.5 cm³/mol. The predicted octanol–water partition coefficient (Wildman–Crippen LogP) is 1.68. The maximum absolute atomic E-state index is 11.9. The van der Waals surface area contributed by atoms with Crippen molar-refractivity contribution in [2.24, 2.45) is 11.7 Å². The van der Waals surface area contributed by atoms with Crippen LogP contribution >= 0.6 is 11.6 Å². The zero-order valence-corrected chi connectivity index (χ0v) is 11.1. The third-order valence-electron chi connectivity index (χ3n) is 2.59. The molecule has 0 fully saturated rings. The van der Waals surface area contributed by atoms with E-state index in [1.807, 2.05) is 19.9 Å². The van der Waals surface area contributed by atoms with E-state index in [4.69, 9.17) is 17.3 Å². The summed E-state index contributed by atoms with van der Waals surface area (Å²) >= 11 is 5.69. The number of carbonyl (C=O) groups excluding carboxylic acids is 1. The number of rotatable bonds is 4. The van der Waals surface area contributed by atoms with Gasteiger partial charge in [0.05, 0.1) is 6.04 Å². The smallest absolute Gasteiger partial charge is 0.239 e. The van der Waals surface area contributed by atoms with Gasteiger partial charge in [0.25, 0.3) is 0 Å². The first kappa shape index (κ1) is 13.9. The Morgan fingerprint density at radius 1 is 1.53 bits per heavy atom. The quantitative estimate of drug-likeness (QED) is 0.833. The molecule has 0 saturated carbocycles. The summed E-state index contributed by atoms with van der Waals surface area (Å²) in [4.78, 5) is 17.5. The molecule has 0 saturated heterocycles. The van der Waals surface area contributed by atoms with Gasteiger partial charge in [-0.2, -0.15) is 0 Å². The highest BCUT2D eigenvalue weighted by atomic mass is 35.5. The minimum absolute atomic E-state index is 0.0602. The lowest BCUT2D eigenvalue weighted by atomic mass is 10.0. The molecule has 0 radical (unpaired) electrons. The molecule has 1 amide bonds. The van der Waals surface area contributed by atoms with E-state index >= 15 is 0 Å². The van der Waals surface area contributed by atoms with Crippen molar-refractivity contribution in [3.8, 4) is 0 Å². The Morgan fingerprint density at radius 3 is 2.65 bits per heavy atom. The molecule has 1 atom stereocenters. The fourth-order valence-corrected chi connectivity index (χ4v) is 1.50. The van der Waals surface area contributed by atoms with Crippen LogP contribution in [-0.2, 0) is 11.3 Å². The van der Waals surface area contributed by atoms with Gasteiger partial charge in [0.15, 0.2) is 0 Å². The lowest BCUT2D eigenvalue weighted by molar-refractivity contribution is -0.132. The van der Waals surface area contributed by atoms with Crippen LogP contribution in [0.2, 0.25) is 5.15 Å². The van der Waals surface area contributed by atoms with Crippen molar-refractivity contribution in [1.82, 2.24) is 9.88 Å². The molecule has 1 heterocycles. The topological polar surface area (TPSA) is 59.2 Å². The molecule has 0 bridgehead atoms. The van der Waals surface area contributed by atoms with Crippen molar-refractivity contribution in [2.75, 3.05) is 7.05 Å². The minimum atomic E-state index is -0.458. The van der Waals surface area contributed by atoms with E-state index in [0.29, 0.717) is 11.7 Å². The summed E-state index contributed by atoms with van der Waals surface area (Å²) in [7, 11) is 1.74. The number of carbonyl (C=O) groups is 1. The SMILES string of the molecule is CC(C)[C@H](N)C(=O)N(C)Cc1ccc(Cl)nc1. The second kappa shape index (κ2) is 5.98. The van der Waals surface area contributed by atoms with Gasteiger partial charge >= 0.3 is 0 Å². The van der Waals surface area contributed by atoms with E-state index < -0.39 is 6.04 Å². The number of aromatic nitrogens is 1. The third kappa shape index (κ3) is 3.98. The highest BCUT2D eigenvalue weighted by molar-refractivity contribution is 6.29. The second-order valence-corrected chi connectivity index (χ2v) is 4.84. The van der Waals surface area contributed by atoms with Crippen LogP contribution in [0.1, 0.15) is 19.4 Å². The molecule has 0 spiro atoms. The lowest BCUT2D eigenvalue weighted by Gasteiger charge is -2.23. The van der Waals surface area contributed by atoms with Crippen molar-refractivity contribution in [1.29, 1.82) is 0 Å². The van der Waals surface area contributed by atoms with Crippen molar-refractivity contribution in [2.45, 2.75) is 26.4 Å². The fourth-order valence-electron chi connectivity index (χ4n) is 1.39. The van der Waals surface area contributed by atoms with Gasteiger partial charge in [-0.1, -0.05) is 31.5 Å². The van der Waals surface area contributed by atoms with Gasteiger partial charge in [-0.3, -0.25) is 4.79 Å². The standard InChI is InChI=1S/C12H18ClN3O/c1-8(2)11(14)12(17)16(3)7-9-4-5-10(13)15-6-9/h4-6,8,11H,7,14H2,1-3H3/t11-/m0/s1. The van der Waals surface area contributed by atoms with Gasteiger partial charge in [0.2, 0.25) is 5.91 Å². The van der Waals surface area contributed by atoms with Gasteiger partial charge in [0, 0.05) is 19.8 Å². The van der Waals surface area contributed by atoms with Crippen LogP contribution in [0.5, 0.6) is 0 Å². The van der Waals surface area contributed by atoms with E-state index in [1.165, 1.54) is 0 Å². The fraction of sp³-hybridized carbons (Fsp3) is 0.500.